The Morgan fingerprint density at radius 1 is 1.78 bits per heavy atom. The Labute approximate surface area is 53.1 Å². The Morgan fingerprint density at radius 3 is 2.78 bits per heavy atom. The Morgan fingerprint density at radius 2 is 2.56 bits per heavy atom. The molecule has 2 aliphatic rings. The Hall–Kier alpha value is -0.570. The fourth-order valence-electron chi connectivity index (χ4n) is 1.70. The van der Waals surface area contributed by atoms with Gasteiger partial charge >= 0.3 is 5.97 Å². The van der Waals surface area contributed by atoms with Gasteiger partial charge in [-0.25, -0.2) is 0 Å². The molecule has 3 heteroatoms. The highest BCUT2D eigenvalue weighted by atomic mass is 16.4. The van der Waals surface area contributed by atoms with Crippen molar-refractivity contribution >= 4 is 5.97 Å². The number of carboxylic acids is 1. The van der Waals surface area contributed by atoms with Crippen LogP contribution in [0.2, 0.25) is 0 Å². The average molecular weight is 127 g/mol. The van der Waals surface area contributed by atoms with E-state index in [9.17, 15) is 4.79 Å². The quantitative estimate of drug-likeness (QED) is 0.514. The summed E-state index contributed by atoms with van der Waals surface area (Å²) in [5, 5.41) is 11.7. The molecule has 50 valence electrons. The maximum Gasteiger partial charge on any atom is 0.324 e. The van der Waals surface area contributed by atoms with E-state index < -0.39 is 11.5 Å². The number of hydrogen-bond donors (Lipinski definition) is 2. The molecule has 1 heterocycles. The molecule has 0 radical (unpaired) electrons. The summed E-state index contributed by atoms with van der Waals surface area (Å²) in [5.74, 6) is -0.222. The number of rotatable bonds is 1. The molecular weight excluding hydrogens is 118 g/mol. The Kier molecular flexibility index (Phi) is 0.750. The lowest BCUT2D eigenvalue weighted by Gasteiger charge is -2.04. The summed E-state index contributed by atoms with van der Waals surface area (Å²) in [7, 11) is 0. The van der Waals surface area contributed by atoms with Crippen LogP contribution in [-0.4, -0.2) is 23.2 Å². The van der Waals surface area contributed by atoms with Crippen LogP contribution in [0.3, 0.4) is 0 Å². The van der Waals surface area contributed by atoms with Gasteiger partial charge in [-0.2, -0.15) is 0 Å². The van der Waals surface area contributed by atoms with Crippen molar-refractivity contribution in [1.82, 2.24) is 5.32 Å². The summed E-state index contributed by atoms with van der Waals surface area (Å²) in [6.07, 6.45) is 1.90. The number of hydrogen-bond acceptors (Lipinski definition) is 2. The van der Waals surface area contributed by atoms with Gasteiger partial charge in [0.15, 0.2) is 0 Å². The predicted octanol–water partition coefficient (Wildman–Crippen LogP) is -0.177. The van der Waals surface area contributed by atoms with Crippen molar-refractivity contribution in [3.8, 4) is 0 Å². The van der Waals surface area contributed by atoms with Crippen LogP contribution < -0.4 is 5.32 Å². The Balaban J connectivity index is 2.19. The molecule has 2 N–H and O–H groups in total. The molecule has 2 fully saturated rings. The summed E-state index contributed by atoms with van der Waals surface area (Å²) in [5.41, 5.74) is -0.472. The first-order valence-corrected chi connectivity index (χ1v) is 3.24. The molecule has 2 atom stereocenters. The van der Waals surface area contributed by atoms with Gasteiger partial charge in [0.1, 0.15) is 5.54 Å². The van der Waals surface area contributed by atoms with Crippen molar-refractivity contribution in [3.63, 3.8) is 0 Å². The van der Waals surface area contributed by atoms with Crippen LogP contribution >= 0.6 is 0 Å². The number of piperidine rings is 1. The zero-order chi connectivity index (χ0) is 6.48. The smallest absolute Gasteiger partial charge is 0.324 e. The lowest BCUT2D eigenvalue weighted by Crippen LogP contribution is -2.36. The largest absolute Gasteiger partial charge is 0.480 e. The second-order valence-electron chi connectivity index (χ2n) is 2.89. The number of carboxylic acid groups (broad SMARTS) is 1. The molecule has 0 aromatic carbocycles. The summed E-state index contributed by atoms with van der Waals surface area (Å²) in [6, 6.07) is 0. The first-order valence-electron chi connectivity index (χ1n) is 3.24. The molecule has 0 aromatic heterocycles. The zero-order valence-electron chi connectivity index (χ0n) is 5.05. The van der Waals surface area contributed by atoms with Gasteiger partial charge in [0, 0.05) is 0 Å². The van der Waals surface area contributed by atoms with Crippen molar-refractivity contribution in [2.24, 2.45) is 5.92 Å². The van der Waals surface area contributed by atoms with E-state index in [1.54, 1.807) is 0 Å². The van der Waals surface area contributed by atoms with E-state index in [4.69, 9.17) is 5.11 Å². The van der Waals surface area contributed by atoms with Crippen LogP contribution in [-0.2, 0) is 4.79 Å². The van der Waals surface area contributed by atoms with E-state index in [1.807, 2.05) is 0 Å². The number of carbonyl (C=O) groups is 1. The fourth-order valence-corrected chi connectivity index (χ4v) is 1.70. The van der Waals surface area contributed by atoms with Crippen LogP contribution in [0.1, 0.15) is 12.8 Å². The van der Waals surface area contributed by atoms with E-state index in [0.717, 1.165) is 19.4 Å². The third-order valence-corrected chi connectivity index (χ3v) is 2.42. The molecule has 0 aromatic rings. The summed E-state index contributed by atoms with van der Waals surface area (Å²) >= 11 is 0. The first kappa shape index (κ1) is 5.23. The normalized spacial score (nSPS) is 46.4. The zero-order valence-corrected chi connectivity index (χ0v) is 5.05. The van der Waals surface area contributed by atoms with Crippen LogP contribution in [0.5, 0.6) is 0 Å². The molecule has 2 rings (SSSR count). The monoisotopic (exact) mass is 127 g/mol. The van der Waals surface area contributed by atoms with Gasteiger partial charge < -0.3 is 10.4 Å². The lowest BCUT2D eigenvalue weighted by molar-refractivity contribution is -0.140. The molecule has 9 heavy (non-hydrogen) atoms. The third kappa shape index (κ3) is 0.477. The minimum Gasteiger partial charge on any atom is -0.480 e. The van der Waals surface area contributed by atoms with E-state index in [2.05, 4.69) is 5.32 Å². The van der Waals surface area contributed by atoms with Crippen LogP contribution in [0.25, 0.3) is 0 Å². The highest BCUT2D eigenvalue weighted by Crippen LogP contribution is 2.49. The topological polar surface area (TPSA) is 49.3 Å². The van der Waals surface area contributed by atoms with Crippen molar-refractivity contribution < 1.29 is 9.90 Å². The number of fused-ring (bicyclic) bond motifs is 1. The van der Waals surface area contributed by atoms with E-state index in [-0.39, 0.29) is 0 Å². The molecular formula is C6H9NO2. The predicted molar refractivity (Wildman–Crippen MR) is 31.1 cm³/mol. The second-order valence-corrected chi connectivity index (χ2v) is 2.89. The molecule has 1 saturated heterocycles. The second kappa shape index (κ2) is 1.29. The Bertz CT molecular complexity index is 168. The van der Waals surface area contributed by atoms with Crippen molar-refractivity contribution in [1.29, 1.82) is 0 Å². The standard InChI is InChI=1S/C6H9NO2/c8-5(9)6-3-4(6)1-2-7-6/h4,7H,1-3H2,(H,8,9)/t4-,6-/m0/s1. The van der Waals surface area contributed by atoms with Crippen LogP contribution in [0, 0.1) is 5.92 Å². The van der Waals surface area contributed by atoms with Crippen LogP contribution in [0.4, 0.5) is 0 Å². The van der Waals surface area contributed by atoms with Gasteiger partial charge in [0.05, 0.1) is 0 Å². The summed E-state index contributed by atoms with van der Waals surface area (Å²) in [4.78, 5) is 10.5. The average Bonchev–Trinajstić information content (AvgIpc) is 2.38. The van der Waals surface area contributed by atoms with Crippen molar-refractivity contribution in [2.75, 3.05) is 6.54 Å². The molecule has 0 spiro atoms. The molecule has 0 unspecified atom stereocenters. The van der Waals surface area contributed by atoms with Gasteiger partial charge in [0.25, 0.3) is 0 Å². The van der Waals surface area contributed by atoms with Crippen molar-refractivity contribution in [3.05, 3.63) is 0 Å². The lowest BCUT2D eigenvalue weighted by atomic mass is 10.2. The van der Waals surface area contributed by atoms with Gasteiger partial charge in [-0.3, -0.25) is 4.79 Å². The summed E-state index contributed by atoms with van der Waals surface area (Å²) in [6.45, 7) is 0.886. The SMILES string of the molecule is O=C(O)[C@]12C[C@@H]1CCN2. The summed E-state index contributed by atoms with van der Waals surface area (Å²) < 4.78 is 0. The van der Waals surface area contributed by atoms with Crippen molar-refractivity contribution in [2.45, 2.75) is 18.4 Å². The maximum absolute atomic E-state index is 10.5. The van der Waals surface area contributed by atoms with E-state index in [1.165, 1.54) is 0 Å². The first-order chi connectivity index (χ1) is 4.26. The third-order valence-electron chi connectivity index (χ3n) is 2.42. The highest BCUT2D eigenvalue weighted by Gasteiger charge is 2.62. The van der Waals surface area contributed by atoms with Gasteiger partial charge in [-0.1, -0.05) is 0 Å². The van der Waals surface area contributed by atoms with Crippen LogP contribution in [0.15, 0.2) is 0 Å². The van der Waals surface area contributed by atoms with E-state index in [0.29, 0.717) is 5.92 Å². The minimum absolute atomic E-state index is 0.440. The minimum atomic E-state index is -0.662. The molecule has 1 aliphatic heterocycles. The van der Waals surface area contributed by atoms with Gasteiger partial charge in [0.2, 0.25) is 0 Å². The van der Waals surface area contributed by atoms with E-state index >= 15 is 0 Å². The molecule has 3 nitrogen and oxygen atoms in total. The maximum atomic E-state index is 10.5. The highest BCUT2D eigenvalue weighted by molar-refractivity contribution is 5.83. The fraction of sp³-hybridized carbons (Fsp3) is 0.833. The number of nitrogens with one attached hydrogen (secondary N) is 1. The molecule has 1 aliphatic carbocycles. The van der Waals surface area contributed by atoms with Gasteiger partial charge in [-0.15, -0.1) is 0 Å². The number of aliphatic carboxylic acids is 1. The molecule has 0 amide bonds. The molecule has 1 saturated carbocycles. The molecule has 0 bridgehead atoms. The van der Waals surface area contributed by atoms with Gasteiger partial charge in [-0.05, 0) is 25.3 Å².